The van der Waals surface area contributed by atoms with Gasteiger partial charge in [-0.15, -0.1) is 0 Å². The SMILES string of the molecule is c1ccc(-n2c3ccncc3c3cc(-n4c5ccccc5c5cc6ccc7c8ccccc8ccc7c6cc54)ccc32)cc1. The third kappa shape index (κ3) is 3.18. The van der Waals surface area contributed by atoms with Crippen molar-refractivity contribution in [3.05, 3.63) is 152 Å². The molecule has 0 aliphatic carbocycles. The average molecular weight is 560 g/mol. The van der Waals surface area contributed by atoms with E-state index in [1.807, 2.05) is 12.4 Å². The van der Waals surface area contributed by atoms with Crippen molar-refractivity contribution < 1.29 is 0 Å². The van der Waals surface area contributed by atoms with Gasteiger partial charge in [0.2, 0.25) is 0 Å². The first-order valence-electron chi connectivity index (χ1n) is 15.0. The molecule has 10 rings (SSSR count). The van der Waals surface area contributed by atoms with E-state index in [-0.39, 0.29) is 0 Å². The number of hydrogen-bond acceptors (Lipinski definition) is 1. The maximum absolute atomic E-state index is 4.53. The standard InChI is InChI=1S/C41H25N3/c1-2-9-28(10-3-1)43-39-19-16-29(23-36(39)37-25-42-21-20-40(37)43)44-38-13-7-6-12-33(38)35-22-27-15-18-31-30-11-5-4-8-26(30)14-17-32(31)34(27)24-41(35)44/h1-25H. The number of para-hydroxylation sites is 2. The molecular formula is C41H25N3. The summed E-state index contributed by atoms with van der Waals surface area (Å²) in [4.78, 5) is 4.53. The van der Waals surface area contributed by atoms with E-state index < -0.39 is 0 Å². The van der Waals surface area contributed by atoms with Gasteiger partial charge in [-0.2, -0.15) is 0 Å². The van der Waals surface area contributed by atoms with Crippen LogP contribution < -0.4 is 0 Å². The second kappa shape index (κ2) is 8.79. The minimum atomic E-state index is 1.14. The van der Waals surface area contributed by atoms with Crippen LogP contribution in [0, 0.1) is 0 Å². The first-order chi connectivity index (χ1) is 21.8. The van der Waals surface area contributed by atoms with E-state index in [1.165, 1.54) is 65.0 Å². The van der Waals surface area contributed by atoms with E-state index in [0.717, 1.165) is 22.3 Å². The molecule has 0 amide bonds. The van der Waals surface area contributed by atoms with Gasteiger partial charge >= 0.3 is 0 Å². The van der Waals surface area contributed by atoms with Gasteiger partial charge in [0.15, 0.2) is 0 Å². The van der Waals surface area contributed by atoms with Crippen LogP contribution in [0.2, 0.25) is 0 Å². The lowest BCUT2D eigenvalue weighted by molar-refractivity contribution is 1.16. The Morgan fingerprint density at radius 1 is 0.341 bits per heavy atom. The maximum Gasteiger partial charge on any atom is 0.0571 e. The van der Waals surface area contributed by atoms with Crippen molar-refractivity contribution in [2.24, 2.45) is 0 Å². The molecule has 0 saturated heterocycles. The Balaban J connectivity index is 1.31. The fraction of sp³-hybridized carbons (Fsp3) is 0. The summed E-state index contributed by atoms with van der Waals surface area (Å²) in [6.45, 7) is 0. The molecule has 0 fully saturated rings. The van der Waals surface area contributed by atoms with Crippen LogP contribution in [0.25, 0.3) is 87.3 Å². The molecule has 3 aromatic heterocycles. The quantitative estimate of drug-likeness (QED) is 0.193. The van der Waals surface area contributed by atoms with Gasteiger partial charge in [-0.3, -0.25) is 4.98 Å². The molecule has 3 nitrogen and oxygen atoms in total. The molecule has 0 bridgehead atoms. The molecule has 0 spiro atoms. The summed E-state index contributed by atoms with van der Waals surface area (Å²) in [6.07, 6.45) is 3.88. The topological polar surface area (TPSA) is 22.8 Å². The van der Waals surface area contributed by atoms with Crippen LogP contribution in [-0.2, 0) is 0 Å². The van der Waals surface area contributed by atoms with E-state index >= 15 is 0 Å². The number of aromatic nitrogens is 3. The lowest BCUT2D eigenvalue weighted by Crippen LogP contribution is -1.95. The molecule has 44 heavy (non-hydrogen) atoms. The lowest BCUT2D eigenvalue weighted by atomic mass is 9.96. The fourth-order valence-corrected chi connectivity index (χ4v) is 7.41. The molecule has 3 heteroatoms. The first-order valence-corrected chi connectivity index (χ1v) is 15.0. The summed E-state index contributed by atoms with van der Waals surface area (Å²) < 4.78 is 4.78. The number of nitrogens with zero attached hydrogens (tertiary/aromatic N) is 3. The smallest absolute Gasteiger partial charge is 0.0571 e. The predicted octanol–water partition coefficient (Wildman–Crippen LogP) is 10.7. The molecular weight excluding hydrogens is 534 g/mol. The fourth-order valence-electron chi connectivity index (χ4n) is 7.41. The van der Waals surface area contributed by atoms with Gasteiger partial charge < -0.3 is 9.13 Å². The molecule has 0 unspecified atom stereocenters. The highest BCUT2D eigenvalue weighted by atomic mass is 15.0. The second-order valence-corrected chi connectivity index (χ2v) is 11.7. The van der Waals surface area contributed by atoms with Crippen LogP contribution in [0.15, 0.2) is 152 Å². The van der Waals surface area contributed by atoms with E-state index in [0.29, 0.717) is 0 Å². The highest BCUT2D eigenvalue weighted by Gasteiger charge is 2.17. The summed E-state index contributed by atoms with van der Waals surface area (Å²) in [5.41, 5.74) is 7.04. The highest BCUT2D eigenvalue weighted by molar-refractivity contribution is 6.22. The molecule has 0 saturated carbocycles. The third-order valence-electron chi connectivity index (χ3n) is 9.36. The predicted molar refractivity (Wildman–Crippen MR) is 185 cm³/mol. The molecule has 0 N–H and O–H groups in total. The number of benzene rings is 7. The second-order valence-electron chi connectivity index (χ2n) is 11.7. The minimum Gasteiger partial charge on any atom is -0.309 e. The number of pyridine rings is 1. The van der Waals surface area contributed by atoms with Gasteiger partial charge in [0.05, 0.1) is 22.1 Å². The monoisotopic (exact) mass is 559 g/mol. The Labute approximate surface area is 252 Å². The van der Waals surface area contributed by atoms with Crippen LogP contribution in [0.1, 0.15) is 0 Å². The van der Waals surface area contributed by atoms with Gasteiger partial charge in [0, 0.05) is 45.3 Å². The van der Waals surface area contributed by atoms with Crippen LogP contribution in [-0.4, -0.2) is 14.1 Å². The van der Waals surface area contributed by atoms with Gasteiger partial charge in [-0.1, -0.05) is 84.9 Å². The lowest BCUT2D eigenvalue weighted by Gasteiger charge is -2.12. The molecule has 7 aromatic carbocycles. The molecule has 0 aliphatic rings. The van der Waals surface area contributed by atoms with E-state index in [9.17, 15) is 0 Å². The van der Waals surface area contributed by atoms with Gasteiger partial charge in [-0.25, -0.2) is 0 Å². The van der Waals surface area contributed by atoms with Crippen LogP contribution in [0.4, 0.5) is 0 Å². The summed E-state index contributed by atoms with van der Waals surface area (Å²) in [7, 11) is 0. The van der Waals surface area contributed by atoms with Crippen molar-refractivity contribution in [1.29, 1.82) is 0 Å². The Morgan fingerprint density at radius 2 is 1.02 bits per heavy atom. The maximum atomic E-state index is 4.53. The largest absolute Gasteiger partial charge is 0.309 e. The van der Waals surface area contributed by atoms with Crippen molar-refractivity contribution in [2.45, 2.75) is 0 Å². The number of rotatable bonds is 2. The minimum absolute atomic E-state index is 1.14. The van der Waals surface area contributed by atoms with Gasteiger partial charge in [0.1, 0.15) is 0 Å². The van der Waals surface area contributed by atoms with Crippen LogP contribution >= 0.6 is 0 Å². The molecule has 0 radical (unpaired) electrons. The Bertz CT molecular complexity index is 2770. The Hall–Kier alpha value is -5.93. The van der Waals surface area contributed by atoms with E-state index in [2.05, 4.69) is 154 Å². The first kappa shape index (κ1) is 23.6. The summed E-state index contributed by atoms with van der Waals surface area (Å²) in [5, 5.41) is 12.5. The van der Waals surface area contributed by atoms with Gasteiger partial charge in [-0.05, 0) is 86.9 Å². The molecule has 0 aliphatic heterocycles. The van der Waals surface area contributed by atoms with Crippen molar-refractivity contribution in [2.75, 3.05) is 0 Å². The highest BCUT2D eigenvalue weighted by Crippen LogP contribution is 2.40. The molecule has 10 aromatic rings. The summed E-state index contributed by atoms with van der Waals surface area (Å²) in [5.74, 6) is 0. The Morgan fingerprint density at radius 3 is 1.93 bits per heavy atom. The van der Waals surface area contributed by atoms with Crippen molar-refractivity contribution in [3.8, 4) is 11.4 Å². The van der Waals surface area contributed by atoms with Crippen LogP contribution in [0.3, 0.4) is 0 Å². The van der Waals surface area contributed by atoms with Crippen molar-refractivity contribution in [1.82, 2.24) is 14.1 Å². The molecule has 204 valence electrons. The average Bonchev–Trinajstić information content (AvgIpc) is 3.59. The van der Waals surface area contributed by atoms with E-state index in [1.54, 1.807) is 0 Å². The zero-order valence-corrected chi connectivity index (χ0v) is 23.8. The summed E-state index contributed by atoms with van der Waals surface area (Å²) >= 11 is 0. The third-order valence-corrected chi connectivity index (χ3v) is 9.36. The zero-order valence-electron chi connectivity index (χ0n) is 23.8. The Kier molecular flexibility index (Phi) is 4.72. The summed E-state index contributed by atoms with van der Waals surface area (Å²) in [6, 6.07) is 50.9. The molecule has 0 atom stereocenters. The normalized spacial score (nSPS) is 12.1. The number of fused-ring (bicyclic) bond motifs is 11. The van der Waals surface area contributed by atoms with Crippen molar-refractivity contribution >= 4 is 75.9 Å². The molecule has 3 heterocycles. The van der Waals surface area contributed by atoms with Gasteiger partial charge in [0.25, 0.3) is 0 Å². The van der Waals surface area contributed by atoms with E-state index in [4.69, 9.17) is 0 Å². The van der Waals surface area contributed by atoms with Crippen molar-refractivity contribution in [3.63, 3.8) is 0 Å². The zero-order chi connectivity index (χ0) is 28.8. The van der Waals surface area contributed by atoms with Crippen LogP contribution in [0.5, 0.6) is 0 Å². The number of hydrogen-bond donors (Lipinski definition) is 0.